The average Bonchev–Trinajstić information content (AvgIpc) is 2.98. The molecular formula is C12H20N2O3S2. The summed E-state index contributed by atoms with van der Waals surface area (Å²) >= 11 is 1.33. The Morgan fingerprint density at radius 2 is 2.32 bits per heavy atom. The summed E-state index contributed by atoms with van der Waals surface area (Å²) in [7, 11) is -1.53. The average molecular weight is 304 g/mol. The van der Waals surface area contributed by atoms with Gasteiger partial charge >= 0.3 is 0 Å². The summed E-state index contributed by atoms with van der Waals surface area (Å²) in [6.07, 6.45) is 0.928. The van der Waals surface area contributed by atoms with Gasteiger partial charge in [0.15, 0.2) is 0 Å². The van der Waals surface area contributed by atoms with Crippen molar-refractivity contribution in [1.29, 1.82) is 0 Å². The maximum absolute atomic E-state index is 12.2. The number of rotatable bonds is 6. The fourth-order valence-electron chi connectivity index (χ4n) is 2.00. The summed E-state index contributed by atoms with van der Waals surface area (Å²) in [4.78, 5) is 1.06. The molecule has 2 N–H and O–H groups in total. The lowest BCUT2D eigenvalue weighted by Gasteiger charge is -2.08. The van der Waals surface area contributed by atoms with E-state index in [0.717, 1.165) is 23.5 Å². The van der Waals surface area contributed by atoms with E-state index in [-0.39, 0.29) is 0 Å². The molecule has 2 heterocycles. The second-order valence-corrected chi connectivity index (χ2v) is 7.91. The highest BCUT2D eigenvalue weighted by Crippen LogP contribution is 2.26. The molecule has 1 unspecified atom stereocenters. The molecule has 1 aromatic rings. The number of aryl methyl sites for hydroxylation is 1. The van der Waals surface area contributed by atoms with Gasteiger partial charge in [0.2, 0.25) is 10.0 Å². The molecule has 2 rings (SSSR count). The number of hydrogen-bond donors (Lipinski definition) is 2. The molecule has 0 bridgehead atoms. The molecule has 1 aromatic heterocycles. The molecule has 108 valence electrons. The summed E-state index contributed by atoms with van der Waals surface area (Å²) < 4.78 is 32.7. The van der Waals surface area contributed by atoms with Gasteiger partial charge in [-0.3, -0.25) is 0 Å². The number of ether oxygens (including phenoxy) is 1. The van der Waals surface area contributed by atoms with Gasteiger partial charge in [-0.05, 0) is 37.9 Å². The van der Waals surface area contributed by atoms with Crippen LogP contribution in [0.3, 0.4) is 0 Å². The van der Waals surface area contributed by atoms with Gasteiger partial charge in [-0.15, -0.1) is 11.3 Å². The molecule has 1 aliphatic rings. The first-order valence-electron chi connectivity index (χ1n) is 6.34. The van der Waals surface area contributed by atoms with Crippen LogP contribution in [0.2, 0.25) is 0 Å². The van der Waals surface area contributed by atoms with Gasteiger partial charge in [0.05, 0.1) is 6.61 Å². The minimum atomic E-state index is -3.38. The number of sulfonamides is 1. The maximum atomic E-state index is 12.2. The van der Waals surface area contributed by atoms with Crippen molar-refractivity contribution in [2.75, 3.05) is 26.8 Å². The minimum absolute atomic E-state index is 0.299. The van der Waals surface area contributed by atoms with Gasteiger partial charge in [-0.1, -0.05) is 0 Å². The van der Waals surface area contributed by atoms with E-state index in [1.807, 2.05) is 14.0 Å². The fourth-order valence-corrected chi connectivity index (χ4v) is 4.76. The number of nitrogens with one attached hydrogen (secondary N) is 2. The Labute approximate surface area is 118 Å². The van der Waals surface area contributed by atoms with E-state index in [4.69, 9.17) is 4.74 Å². The first kappa shape index (κ1) is 14.9. The van der Waals surface area contributed by atoms with Crippen LogP contribution in [0, 0.1) is 12.8 Å². The van der Waals surface area contributed by atoms with Gasteiger partial charge < -0.3 is 10.1 Å². The zero-order valence-corrected chi connectivity index (χ0v) is 12.9. The van der Waals surface area contributed by atoms with Crippen molar-refractivity contribution in [2.24, 2.45) is 5.92 Å². The summed E-state index contributed by atoms with van der Waals surface area (Å²) in [5.74, 6) is 0.299. The first-order chi connectivity index (χ1) is 9.03. The summed E-state index contributed by atoms with van der Waals surface area (Å²) in [5, 5.41) is 3.05. The van der Waals surface area contributed by atoms with E-state index >= 15 is 0 Å². The van der Waals surface area contributed by atoms with Gasteiger partial charge in [-0.25, -0.2) is 13.1 Å². The van der Waals surface area contributed by atoms with E-state index in [1.165, 1.54) is 11.3 Å². The van der Waals surface area contributed by atoms with Crippen molar-refractivity contribution in [3.8, 4) is 0 Å². The van der Waals surface area contributed by atoms with Crippen molar-refractivity contribution < 1.29 is 13.2 Å². The molecule has 0 aromatic carbocycles. The monoisotopic (exact) mass is 304 g/mol. The second kappa shape index (κ2) is 6.32. The first-order valence-corrected chi connectivity index (χ1v) is 8.64. The zero-order valence-electron chi connectivity index (χ0n) is 11.2. The third-order valence-electron chi connectivity index (χ3n) is 3.19. The van der Waals surface area contributed by atoms with Crippen LogP contribution in [0.4, 0.5) is 0 Å². The topological polar surface area (TPSA) is 67.4 Å². The molecule has 7 heteroatoms. The van der Waals surface area contributed by atoms with E-state index in [1.54, 1.807) is 6.07 Å². The van der Waals surface area contributed by atoms with Crippen LogP contribution in [0.25, 0.3) is 0 Å². The Morgan fingerprint density at radius 1 is 1.53 bits per heavy atom. The van der Waals surface area contributed by atoms with Crippen LogP contribution in [0.1, 0.15) is 16.9 Å². The normalized spacial score (nSPS) is 20.0. The number of thiophene rings is 1. The molecule has 0 spiro atoms. The van der Waals surface area contributed by atoms with Crippen LogP contribution >= 0.6 is 11.3 Å². The molecule has 0 aliphatic carbocycles. The molecule has 1 saturated heterocycles. The summed E-state index contributed by atoms with van der Waals surface area (Å²) in [6.45, 7) is 4.48. The Balaban J connectivity index is 2.03. The largest absolute Gasteiger partial charge is 0.381 e. The highest BCUT2D eigenvalue weighted by Gasteiger charge is 2.22. The van der Waals surface area contributed by atoms with Crippen LogP contribution in [-0.2, 0) is 21.3 Å². The van der Waals surface area contributed by atoms with E-state index < -0.39 is 10.0 Å². The molecule has 5 nitrogen and oxygen atoms in total. The Kier molecular flexibility index (Phi) is 4.97. The lowest BCUT2D eigenvalue weighted by Crippen LogP contribution is -2.29. The molecule has 1 atom stereocenters. The highest BCUT2D eigenvalue weighted by molar-refractivity contribution is 7.91. The lowest BCUT2D eigenvalue weighted by atomic mass is 10.1. The standard InChI is InChI=1S/C12H20N2O3S2/c1-9-5-12(18-11(9)7-13-2)19(15,16)14-6-10-3-4-17-8-10/h5,10,13-14H,3-4,6-8H2,1-2H3. The van der Waals surface area contributed by atoms with Crippen LogP contribution in [0.5, 0.6) is 0 Å². The lowest BCUT2D eigenvalue weighted by molar-refractivity contribution is 0.186. The van der Waals surface area contributed by atoms with E-state index in [9.17, 15) is 8.42 Å². The molecule has 0 amide bonds. The highest BCUT2D eigenvalue weighted by atomic mass is 32.2. The predicted molar refractivity (Wildman–Crippen MR) is 75.9 cm³/mol. The van der Waals surface area contributed by atoms with Crippen molar-refractivity contribution in [2.45, 2.75) is 24.1 Å². The van der Waals surface area contributed by atoms with E-state index in [0.29, 0.717) is 29.8 Å². The van der Waals surface area contributed by atoms with E-state index in [2.05, 4.69) is 10.0 Å². The minimum Gasteiger partial charge on any atom is -0.381 e. The maximum Gasteiger partial charge on any atom is 0.250 e. The van der Waals surface area contributed by atoms with Crippen LogP contribution < -0.4 is 10.0 Å². The molecule has 19 heavy (non-hydrogen) atoms. The van der Waals surface area contributed by atoms with Gasteiger partial charge in [0, 0.05) is 24.6 Å². The third kappa shape index (κ3) is 3.76. The molecule has 0 saturated carbocycles. The van der Waals surface area contributed by atoms with Gasteiger partial charge in [0.1, 0.15) is 4.21 Å². The van der Waals surface area contributed by atoms with Gasteiger partial charge in [-0.2, -0.15) is 0 Å². The van der Waals surface area contributed by atoms with Gasteiger partial charge in [0.25, 0.3) is 0 Å². The summed E-state index contributed by atoms with van der Waals surface area (Å²) in [5.41, 5.74) is 1.02. The van der Waals surface area contributed by atoms with Crippen molar-refractivity contribution in [1.82, 2.24) is 10.0 Å². The predicted octanol–water partition coefficient (Wildman–Crippen LogP) is 1.09. The number of hydrogen-bond acceptors (Lipinski definition) is 5. The SMILES string of the molecule is CNCc1sc(S(=O)(=O)NCC2CCOC2)cc1C. The third-order valence-corrected chi connectivity index (χ3v) is 6.32. The van der Waals surface area contributed by atoms with Crippen molar-refractivity contribution >= 4 is 21.4 Å². The second-order valence-electron chi connectivity index (χ2n) is 4.78. The summed E-state index contributed by atoms with van der Waals surface area (Å²) in [6, 6.07) is 1.74. The van der Waals surface area contributed by atoms with Crippen LogP contribution in [-0.4, -0.2) is 35.2 Å². The fraction of sp³-hybridized carbons (Fsp3) is 0.667. The molecule has 1 aliphatic heterocycles. The quantitative estimate of drug-likeness (QED) is 0.825. The van der Waals surface area contributed by atoms with Crippen molar-refractivity contribution in [3.63, 3.8) is 0 Å². The molecular weight excluding hydrogens is 284 g/mol. The molecule has 0 radical (unpaired) electrons. The zero-order chi connectivity index (χ0) is 13.9. The Hall–Kier alpha value is -0.470. The smallest absolute Gasteiger partial charge is 0.250 e. The Morgan fingerprint density at radius 3 is 2.95 bits per heavy atom. The van der Waals surface area contributed by atoms with Crippen LogP contribution in [0.15, 0.2) is 10.3 Å². The Bertz CT molecular complexity index is 519. The molecule has 1 fully saturated rings. The van der Waals surface area contributed by atoms with Crippen molar-refractivity contribution in [3.05, 3.63) is 16.5 Å².